The van der Waals surface area contributed by atoms with Crippen LogP contribution in [0.3, 0.4) is 0 Å². The van der Waals surface area contributed by atoms with E-state index in [1.54, 1.807) is 21.9 Å². The minimum atomic E-state index is -3.70. The number of carbonyl (C=O) groups excluding carboxylic acids is 2. The second-order valence-corrected chi connectivity index (χ2v) is 9.84. The van der Waals surface area contributed by atoms with Gasteiger partial charge in [-0.1, -0.05) is 55.5 Å². The highest BCUT2D eigenvalue weighted by atomic mass is 32.2. The minimum Gasteiger partial charge on any atom is -0.328 e. The Morgan fingerprint density at radius 1 is 0.935 bits per heavy atom. The second kappa shape index (κ2) is 8.80. The van der Waals surface area contributed by atoms with Crippen molar-refractivity contribution in [3.63, 3.8) is 0 Å². The largest absolute Gasteiger partial charge is 0.328 e. The summed E-state index contributed by atoms with van der Waals surface area (Å²) in [6.45, 7) is 2.95. The van der Waals surface area contributed by atoms with Crippen LogP contribution in [0.1, 0.15) is 24.5 Å². The number of nitrogens with zero attached hydrogens (tertiary/aromatic N) is 3. The number of hydrogen-bond donors (Lipinski definition) is 0. The van der Waals surface area contributed by atoms with Gasteiger partial charge in [0.15, 0.2) is 0 Å². The Labute approximate surface area is 183 Å². The highest BCUT2D eigenvalue weighted by Crippen LogP contribution is 2.26. The molecule has 0 spiro atoms. The van der Waals surface area contributed by atoms with Crippen molar-refractivity contribution in [1.29, 1.82) is 0 Å². The molecule has 2 amide bonds. The van der Waals surface area contributed by atoms with Crippen molar-refractivity contribution in [3.05, 3.63) is 65.7 Å². The van der Waals surface area contributed by atoms with Crippen molar-refractivity contribution in [2.24, 2.45) is 0 Å². The molecule has 2 saturated heterocycles. The molecule has 4 rings (SSSR count). The summed E-state index contributed by atoms with van der Waals surface area (Å²) in [5.74, 6) is -0.245. The molecule has 2 heterocycles. The van der Waals surface area contributed by atoms with Crippen LogP contribution in [0.5, 0.6) is 0 Å². The van der Waals surface area contributed by atoms with Gasteiger partial charge in [-0.05, 0) is 30.0 Å². The van der Waals surface area contributed by atoms with Gasteiger partial charge in [0.25, 0.3) is 0 Å². The Morgan fingerprint density at radius 2 is 1.65 bits per heavy atom. The van der Waals surface area contributed by atoms with Crippen molar-refractivity contribution in [3.8, 4) is 0 Å². The first-order chi connectivity index (χ1) is 14.9. The third-order valence-electron chi connectivity index (χ3n) is 6.05. The molecule has 164 valence electrons. The summed E-state index contributed by atoms with van der Waals surface area (Å²) < 4.78 is 28.1. The lowest BCUT2D eigenvalue weighted by atomic mass is 10.1. The van der Waals surface area contributed by atoms with Crippen LogP contribution in [0.25, 0.3) is 0 Å². The number of fused-ring (bicyclic) bond motifs is 1. The van der Waals surface area contributed by atoms with E-state index >= 15 is 0 Å². The fourth-order valence-corrected chi connectivity index (χ4v) is 6.11. The molecule has 1 unspecified atom stereocenters. The molecule has 0 aromatic heterocycles. The molecule has 2 aliphatic rings. The van der Waals surface area contributed by atoms with Gasteiger partial charge < -0.3 is 9.80 Å². The number of sulfonamides is 1. The molecule has 2 aromatic rings. The standard InChI is InChI=1S/C23H27N3O4S/c1-2-19-10-6-7-11-21(19)31(29,30)25-13-12-20-23(28)24(16-18-8-4-3-5-9-18)17-22(27)26(20)15-14-25/h3-11,20H,2,12-17H2,1H3. The zero-order valence-electron chi connectivity index (χ0n) is 17.6. The van der Waals surface area contributed by atoms with Gasteiger partial charge >= 0.3 is 0 Å². The minimum absolute atomic E-state index is 0.0235. The number of aryl methyl sites for hydroxylation is 1. The molecular weight excluding hydrogens is 414 g/mol. The van der Waals surface area contributed by atoms with E-state index in [0.717, 1.165) is 11.1 Å². The predicted octanol–water partition coefficient (Wildman–Crippen LogP) is 1.88. The van der Waals surface area contributed by atoms with Crippen LogP contribution in [0.4, 0.5) is 0 Å². The van der Waals surface area contributed by atoms with Crippen LogP contribution in [-0.2, 0) is 32.6 Å². The van der Waals surface area contributed by atoms with E-state index in [1.165, 1.54) is 4.31 Å². The lowest BCUT2D eigenvalue weighted by Gasteiger charge is -2.39. The van der Waals surface area contributed by atoms with Gasteiger partial charge in [0, 0.05) is 26.2 Å². The van der Waals surface area contributed by atoms with E-state index in [2.05, 4.69) is 0 Å². The zero-order valence-corrected chi connectivity index (χ0v) is 18.4. The highest BCUT2D eigenvalue weighted by Gasteiger charge is 2.42. The average Bonchev–Trinajstić information content (AvgIpc) is 3.02. The Bertz CT molecular complexity index is 1070. The topological polar surface area (TPSA) is 78.0 Å². The van der Waals surface area contributed by atoms with Crippen LogP contribution >= 0.6 is 0 Å². The summed E-state index contributed by atoms with van der Waals surface area (Å²) in [4.78, 5) is 29.4. The van der Waals surface area contributed by atoms with Crippen LogP contribution in [0.2, 0.25) is 0 Å². The Hall–Kier alpha value is -2.71. The lowest BCUT2D eigenvalue weighted by molar-refractivity contribution is -0.156. The van der Waals surface area contributed by atoms with Gasteiger partial charge in [-0.15, -0.1) is 0 Å². The van der Waals surface area contributed by atoms with Crippen molar-refractivity contribution in [2.75, 3.05) is 26.2 Å². The van der Waals surface area contributed by atoms with Gasteiger partial charge in [0.1, 0.15) is 12.6 Å². The average molecular weight is 442 g/mol. The Balaban J connectivity index is 1.54. The SMILES string of the molecule is CCc1ccccc1S(=O)(=O)N1CCC2C(=O)N(Cc3ccccc3)CC(=O)N2CC1. The first-order valence-corrected chi connectivity index (χ1v) is 12.1. The summed E-state index contributed by atoms with van der Waals surface area (Å²) in [5.41, 5.74) is 1.73. The van der Waals surface area contributed by atoms with Crippen molar-refractivity contribution in [2.45, 2.75) is 37.2 Å². The first kappa shape index (κ1) is 21.5. The van der Waals surface area contributed by atoms with Crippen LogP contribution < -0.4 is 0 Å². The van der Waals surface area contributed by atoms with Gasteiger partial charge in [-0.25, -0.2) is 8.42 Å². The van der Waals surface area contributed by atoms with Crippen molar-refractivity contribution < 1.29 is 18.0 Å². The third kappa shape index (κ3) is 4.22. The van der Waals surface area contributed by atoms with Gasteiger partial charge in [0.05, 0.1) is 4.90 Å². The van der Waals surface area contributed by atoms with Crippen LogP contribution in [0.15, 0.2) is 59.5 Å². The summed E-state index contributed by atoms with van der Waals surface area (Å²) >= 11 is 0. The zero-order chi connectivity index (χ0) is 22.0. The Kier molecular flexibility index (Phi) is 6.11. The summed E-state index contributed by atoms with van der Waals surface area (Å²) in [5, 5.41) is 0. The van der Waals surface area contributed by atoms with Crippen LogP contribution in [-0.4, -0.2) is 66.6 Å². The van der Waals surface area contributed by atoms with Gasteiger partial charge in [-0.3, -0.25) is 9.59 Å². The molecule has 8 heteroatoms. The number of amides is 2. The molecule has 7 nitrogen and oxygen atoms in total. The van der Waals surface area contributed by atoms with Crippen molar-refractivity contribution >= 4 is 21.8 Å². The molecule has 0 saturated carbocycles. The van der Waals surface area contributed by atoms with Gasteiger partial charge in [0.2, 0.25) is 21.8 Å². The molecule has 2 aromatic carbocycles. The predicted molar refractivity (Wildman–Crippen MR) is 117 cm³/mol. The molecule has 0 radical (unpaired) electrons. The number of hydrogen-bond acceptors (Lipinski definition) is 4. The molecule has 0 bridgehead atoms. The molecular formula is C23H27N3O4S. The van der Waals surface area contributed by atoms with E-state index in [9.17, 15) is 18.0 Å². The third-order valence-corrected chi connectivity index (χ3v) is 8.05. The number of piperazine rings is 1. The van der Waals surface area contributed by atoms with Crippen LogP contribution in [0, 0.1) is 0 Å². The van der Waals surface area contributed by atoms with Crippen molar-refractivity contribution in [1.82, 2.24) is 14.1 Å². The number of benzene rings is 2. The normalized spacial score (nSPS) is 20.5. The molecule has 2 fully saturated rings. The highest BCUT2D eigenvalue weighted by molar-refractivity contribution is 7.89. The fourth-order valence-electron chi connectivity index (χ4n) is 4.37. The summed E-state index contributed by atoms with van der Waals surface area (Å²) in [6.07, 6.45) is 0.910. The molecule has 0 aliphatic carbocycles. The van der Waals surface area contributed by atoms with E-state index in [0.29, 0.717) is 24.3 Å². The maximum absolute atomic E-state index is 13.3. The smallest absolute Gasteiger partial charge is 0.246 e. The van der Waals surface area contributed by atoms with E-state index in [1.807, 2.05) is 49.4 Å². The summed E-state index contributed by atoms with van der Waals surface area (Å²) in [7, 11) is -3.70. The molecule has 1 atom stereocenters. The molecule has 2 aliphatic heterocycles. The summed E-state index contributed by atoms with van der Waals surface area (Å²) in [6, 6.07) is 16.0. The van der Waals surface area contributed by atoms with E-state index in [4.69, 9.17) is 0 Å². The fraction of sp³-hybridized carbons (Fsp3) is 0.391. The first-order valence-electron chi connectivity index (χ1n) is 10.6. The number of carbonyl (C=O) groups is 2. The number of rotatable bonds is 5. The molecule has 31 heavy (non-hydrogen) atoms. The maximum Gasteiger partial charge on any atom is 0.246 e. The molecule has 0 N–H and O–H groups in total. The second-order valence-electron chi connectivity index (χ2n) is 7.94. The Morgan fingerprint density at radius 3 is 2.39 bits per heavy atom. The monoisotopic (exact) mass is 441 g/mol. The lowest BCUT2D eigenvalue weighted by Crippen LogP contribution is -2.59. The quantitative estimate of drug-likeness (QED) is 0.710. The van der Waals surface area contributed by atoms with E-state index in [-0.39, 0.29) is 38.0 Å². The van der Waals surface area contributed by atoms with Gasteiger partial charge in [-0.2, -0.15) is 4.31 Å². The maximum atomic E-state index is 13.3. The van der Waals surface area contributed by atoms with E-state index < -0.39 is 16.1 Å².